The quantitative estimate of drug-likeness (QED) is 0.130. The molecule has 6 nitrogen and oxygen atoms in total. The third kappa shape index (κ3) is 6.77. The van der Waals surface area contributed by atoms with Gasteiger partial charge in [0.05, 0.1) is 0 Å². The van der Waals surface area contributed by atoms with Gasteiger partial charge >= 0.3 is 0 Å². The van der Waals surface area contributed by atoms with Crippen LogP contribution in [0.5, 0.6) is 0 Å². The van der Waals surface area contributed by atoms with Gasteiger partial charge in [-0.3, -0.25) is 14.8 Å². The molecule has 0 aliphatic carbocycles. The molecular weight excluding hydrogens is 459 g/mol. The molecule has 3 N–H and O–H groups in total. The molecule has 0 bridgehead atoms. The van der Waals surface area contributed by atoms with Crippen molar-refractivity contribution in [1.29, 1.82) is 0 Å². The lowest BCUT2D eigenvalue weighted by Crippen LogP contribution is -2.33. The number of carbonyl (C=O) groups is 2. The van der Waals surface area contributed by atoms with Crippen LogP contribution in [0.2, 0.25) is 0 Å². The molecule has 36 heavy (non-hydrogen) atoms. The summed E-state index contributed by atoms with van der Waals surface area (Å²) in [5, 5.41) is 11.4. The van der Waals surface area contributed by atoms with Crippen molar-refractivity contribution in [1.82, 2.24) is 10.8 Å². The Labute approximate surface area is 211 Å². The highest BCUT2D eigenvalue weighted by Gasteiger charge is 2.37. The van der Waals surface area contributed by atoms with E-state index in [1.54, 1.807) is 29.7 Å². The smallest absolute Gasteiger partial charge is 0.251 e. The number of hydrogen-bond acceptors (Lipinski definition) is 4. The minimum atomic E-state index is -0.953. The summed E-state index contributed by atoms with van der Waals surface area (Å²) in [4.78, 5) is 23.7. The van der Waals surface area contributed by atoms with Gasteiger partial charge in [-0.25, -0.2) is 9.87 Å². The Morgan fingerprint density at radius 3 is 2.03 bits per heavy atom. The number of carbonyl (C=O) groups excluding carboxylic acids is 2. The Morgan fingerprint density at radius 2 is 1.42 bits per heavy atom. The minimum absolute atomic E-state index is 0.162. The Morgan fingerprint density at radius 1 is 0.833 bits per heavy atom. The molecule has 1 atom stereocenters. The van der Waals surface area contributed by atoms with E-state index in [-0.39, 0.29) is 17.6 Å². The summed E-state index contributed by atoms with van der Waals surface area (Å²) in [6, 6.07) is 23.4. The average Bonchev–Trinajstić information content (AvgIpc) is 2.92. The minimum Gasteiger partial charge on any atom is -0.361 e. The topological polar surface area (TPSA) is 87.7 Å². The van der Waals surface area contributed by atoms with Crippen LogP contribution in [0.4, 0.5) is 4.39 Å². The lowest BCUT2D eigenvalue weighted by molar-refractivity contribution is -0.129. The van der Waals surface area contributed by atoms with E-state index in [1.807, 2.05) is 49.4 Å². The maximum Gasteiger partial charge on any atom is 0.251 e. The van der Waals surface area contributed by atoms with Crippen molar-refractivity contribution in [2.45, 2.75) is 44.6 Å². The fourth-order valence-electron chi connectivity index (χ4n) is 4.30. The number of nitrogens with one attached hydrogen (secondary N) is 2. The molecule has 0 fully saturated rings. The van der Waals surface area contributed by atoms with Gasteiger partial charge < -0.3 is 10.1 Å². The number of hydroxylamine groups is 1. The van der Waals surface area contributed by atoms with E-state index < -0.39 is 5.60 Å². The third-order valence-electron chi connectivity index (χ3n) is 6.09. The molecule has 2 amide bonds. The van der Waals surface area contributed by atoms with Crippen LogP contribution in [0.3, 0.4) is 0 Å². The first-order chi connectivity index (χ1) is 17.5. The Bertz CT molecular complexity index is 1100. The summed E-state index contributed by atoms with van der Waals surface area (Å²) in [6.07, 6.45) is 3.51. The molecule has 3 aromatic carbocycles. The van der Waals surface area contributed by atoms with Gasteiger partial charge in [-0.1, -0.05) is 67.4 Å². The molecule has 0 saturated carbocycles. The molecule has 0 aromatic heterocycles. The van der Waals surface area contributed by atoms with Gasteiger partial charge in [-0.05, 0) is 60.7 Å². The molecule has 0 saturated heterocycles. The second-order valence-electron chi connectivity index (χ2n) is 8.52. The molecule has 0 aliphatic rings. The number of unbranched alkanes of at least 4 members (excludes halogenated alkanes) is 3. The van der Waals surface area contributed by atoms with Crippen molar-refractivity contribution >= 4 is 11.8 Å². The number of ether oxygens (including phenoxy) is 1. The van der Waals surface area contributed by atoms with Crippen LogP contribution in [-0.2, 0) is 15.1 Å². The normalized spacial score (nSPS) is 12.5. The van der Waals surface area contributed by atoms with Crippen LogP contribution in [-0.4, -0.2) is 30.2 Å². The van der Waals surface area contributed by atoms with Crippen molar-refractivity contribution in [2.75, 3.05) is 13.2 Å². The summed E-state index contributed by atoms with van der Waals surface area (Å²) in [6.45, 7) is 2.89. The van der Waals surface area contributed by atoms with Crippen molar-refractivity contribution in [3.05, 3.63) is 107 Å². The third-order valence-corrected chi connectivity index (χ3v) is 6.09. The molecule has 0 spiro atoms. The van der Waals surface area contributed by atoms with Gasteiger partial charge in [0.2, 0.25) is 5.91 Å². The van der Waals surface area contributed by atoms with Crippen LogP contribution in [0.25, 0.3) is 0 Å². The van der Waals surface area contributed by atoms with E-state index in [2.05, 4.69) is 5.32 Å². The summed E-state index contributed by atoms with van der Waals surface area (Å²) in [7, 11) is 0. The lowest BCUT2D eigenvalue weighted by atomic mass is 9.79. The zero-order valence-corrected chi connectivity index (χ0v) is 20.5. The maximum absolute atomic E-state index is 13.7. The van der Waals surface area contributed by atoms with E-state index in [0.717, 1.165) is 36.0 Å². The number of benzene rings is 3. The van der Waals surface area contributed by atoms with Crippen LogP contribution in [0, 0.1) is 5.82 Å². The van der Waals surface area contributed by atoms with Crippen molar-refractivity contribution in [2.24, 2.45) is 0 Å². The summed E-state index contributed by atoms with van der Waals surface area (Å²) in [5.74, 6) is -0.864. The lowest BCUT2D eigenvalue weighted by Gasteiger charge is -2.35. The van der Waals surface area contributed by atoms with E-state index in [4.69, 9.17) is 9.94 Å². The highest BCUT2D eigenvalue weighted by atomic mass is 19.1. The summed E-state index contributed by atoms with van der Waals surface area (Å²) < 4.78 is 20.1. The standard InChI is InChI=1S/C29H33FN2O4/c1-2-36-29(23-10-6-5-7-11-23,25-17-19-26(30)20-18-25)24-15-13-22(14-16-24)28(34)31-21-9-4-3-8-12-27(33)32-35/h5-7,10-11,13-20,35H,2-4,8-9,12,21H2,1H3,(H,31,34)(H,32,33). The molecule has 7 heteroatoms. The molecule has 3 rings (SSSR count). The van der Waals surface area contributed by atoms with E-state index in [1.165, 1.54) is 12.1 Å². The molecule has 1 unspecified atom stereocenters. The zero-order valence-electron chi connectivity index (χ0n) is 20.5. The highest BCUT2D eigenvalue weighted by molar-refractivity contribution is 5.94. The number of amides is 2. The molecule has 0 aliphatic heterocycles. The maximum atomic E-state index is 13.7. The van der Waals surface area contributed by atoms with Crippen LogP contribution >= 0.6 is 0 Å². The highest BCUT2D eigenvalue weighted by Crippen LogP contribution is 2.40. The van der Waals surface area contributed by atoms with Crippen molar-refractivity contribution < 1.29 is 23.9 Å². The average molecular weight is 493 g/mol. The van der Waals surface area contributed by atoms with Gasteiger partial charge in [0.25, 0.3) is 5.91 Å². The molecule has 190 valence electrons. The summed E-state index contributed by atoms with van der Waals surface area (Å²) in [5.41, 5.74) is 3.75. The largest absolute Gasteiger partial charge is 0.361 e. The van der Waals surface area contributed by atoms with Crippen molar-refractivity contribution in [3.63, 3.8) is 0 Å². The van der Waals surface area contributed by atoms with Crippen LogP contribution < -0.4 is 10.8 Å². The van der Waals surface area contributed by atoms with E-state index in [0.29, 0.717) is 31.6 Å². The Kier molecular flexibility index (Phi) is 10.2. The zero-order chi connectivity index (χ0) is 25.8. The van der Waals surface area contributed by atoms with Gasteiger partial charge in [0, 0.05) is 25.1 Å². The molecule has 0 radical (unpaired) electrons. The fraction of sp³-hybridized carbons (Fsp3) is 0.310. The monoisotopic (exact) mass is 492 g/mol. The first kappa shape index (κ1) is 27.0. The Balaban J connectivity index is 1.73. The van der Waals surface area contributed by atoms with Gasteiger partial charge in [0.15, 0.2) is 0 Å². The first-order valence-electron chi connectivity index (χ1n) is 12.3. The number of rotatable bonds is 13. The van der Waals surface area contributed by atoms with E-state index >= 15 is 0 Å². The Hall–Kier alpha value is -3.55. The van der Waals surface area contributed by atoms with Gasteiger partial charge in [-0.15, -0.1) is 0 Å². The molecular formula is C29H33FN2O4. The first-order valence-corrected chi connectivity index (χ1v) is 12.3. The summed E-state index contributed by atoms with van der Waals surface area (Å²) >= 11 is 0. The van der Waals surface area contributed by atoms with Crippen LogP contribution in [0.1, 0.15) is 66.1 Å². The molecule has 0 heterocycles. The molecule has 3 aromatic rings. The SMILES string of the molecule is CCOC(c1ccccc1)(c1ccc(F)cc1)c1ccc(C(=O)NCCCCCCC(=O)NO)cc1. The second-order valence-corrected chi connectivity index (χ2v) is 8.52. The number of halogens is 1. The van der Waals surface area contributed by atoms with Crippen LogP contribution in [0.15, 0.2) is 78.9 Å². The van der Waals surface area contributed by atoms with Crippen molar-refractivity contribution in [3.8, 4) is 0 Å². The van der Waals surface area contributed by atoms with E-state index in [9.17, 15) is 14.0 Å². The van der Waals surface area contributed by atoms with Gasteiger partial charge in [-0.2, -0.15) is 0 Å². The number of hydrogen-bond donors (Lipinski definition) is 3. The fourth-order valence-corrected chi connectivity index (χ4v) is 4.30. The second kappa shape index (κ2) is 13.5. The predicted molar refractivity (Wildman–Crippen MR) is 136 cm³/mol. The van der Waals surface area contributed by atoms with Gasteiger partial charge in [0.1, 0.15) is 11.4 Å². The predicted octanol–water partition coefficient (Wildman–Crippen LogP) is 5.34.